The van der Waals surface area contributed by atoms with Crippen LogP contribution in [0, 0.1) is 0 Å². The van der Waals surface area contributed by atoms with Gasteiger partial charge in [-0.15, -0.1) is 10.2 Å². The van der Waals surface area contributed by atoms with Crippen molar-refractivity contribution < 1.29 is 13.9 Å². The van der Waals surface area contributed by atoms with Crippen LogP contribution in [-0.2, 0) is 17.9 Å². The standard InChI is InChI=1S/C17H13Cl2N3O3/c18-12-6-7-14(19)13(8-12)16-22-21-15(25-16)9-20-17(23)24-10-11-4-2-1-3-5-11/h1-8H,9-10H2,(H,20,23). The normalized spacial score (nSPS) is 10.5. The molecule has 1 aromatic heterocycles. The van der Waals surface area contributed by atoms with Gasteiger partial charge in [0.25, 0.3) is 0 Å². The highest BCUT2D eigenvalue weighted by molar-refractivity contribution is 6.35. The minimum absolute atomic E-state index is 0.0405. The molecule has 0 aliphatic rings. The lowest BCUT2D eigenvalue weighted by atomic mass is 10.2. The highest BCUT2D eigenvalue weighted by Crippen LogP contribution is 2.29. The second-order valence-electron chi connectivity index (χ2n) is 5.04. The lowest BCUT2D eigenvalue weighted by Gasteiger charge is -2.05. The average Bonchev–Trinajstić information content (AvgIpc) is 3.10. The van der Waals surface area contributed by atoms with E-state index in [2.05, 4.69) is 15.5 Å². The summed E-state index contributed by atoms with van der Waals surface area (Å²) in [5.74, 6) is 0.449. The van der Waals surface area contributed by atoms with Crippen molar-refractivity contribution in [2.24, 2.45) is 0 Å². The van der Waals surface area contributed by atoms with Crippen LogP contribution < -0.4 is 5.32 Å². The summed E-state index contributed by atoms with van der Waals surface area (Å²) < 4.78 is 10.6. The van der Waals surface area contributed by atoms with E-state index in [-0.39, 0.29) is 24.9 Å². The summed E-state index contributed by atoms with van der Waals surface area (Å²) in [5.41, 5.74) is 1.42. The van der Waals surface area contributed by atoms with Crippen molar-refractivity contribution in [2.75, 3.05) is 0 Å². The average molecular weight is 378 g/mol. The summed E-state index contributed by atoms with van der Waals surface area (Å²) in [7, 11) is 0. The van der Waals surface area contributed by atoms with E-state index < -0.39 is 6.09 Å². The number of hydrogen-bond acceptors (Lipinski definition) is 5. The Bertz CT molecular complexity index is 869. The Balaban J connectivity index is 1.55. The third-order valence-corrected chi connectivity index (χ3v) is 3.79. The molecule has 1 N–H and O–H groups in total. The Hall–Kier alpha value is -2.57. The molecule has 1 heterocycles. The molecule has 0 atom stereocenters. The van der Waals surface area contributed by atoms with Crippen LogP contribution in [0.15, 0.2) is 52.9 Å². The number of aromatic nitrogens is 2. The Morgan fingerprint density at radius 3 is 2.72 bits per heavy atom. The molecule has 128 valence electrons. The molecule has 0 radical (unpaired) electrons. The van der Waals surface area contributed by atoms with E-state index in [1.165, 1.54) is 0 Å². The number of carbonyl (C=O) groups excluding carboxylic acids is 1. The maximum atomic E-state index is 11.7. The number of benzene rings is 2. The number of halogens is 2. The molecule has 0 aliphatic heterocycles. The zero-order valence-corrected chi connectivity index (χ0v) is 14.4. The fraction of sp³-hybridized carbons (Fsp3) is 0.118. The van der Waals surface area contributed by atoms with Gasteiger partial charge in [-0.25, -0.2) is 4.79 Å². The molecule has 0 saturated carbocycles. The molecular formula is C17H13Cl2N3O3. The molecule has 3 rings (SSSR count). The van der Waals surface area contributed by atoms with E-state index in [4.69, 9.17) is 32.4 Å². The summed E-state index contributed by atoms with van der Waals surface area (Å²) in [5, 5.41) is 11.3. The fourth-order valence-corrected chi connectivity index (χ4v) is 2.39. The lowest BCUT2D eigenvalue weighted by molar-refractivity contribution is 0.138. The van der Waals surface area contributed by atoms with Gasteiger partial charge in [0, 0.05) is 5.02 Å². The predicted octanol–water partition coefficient (Wildman–Crippen LogP) is 4.47. The molecule has 0 aliphatic carbocycles. The first-order valence-corrected chi connectivity index (χ1v) is 8.10. The smallest absolute Gasteiger partial charge is 0.407 e. The van der Waals surface area contributed by atoms with Gasteiger partial charge in [-0.2, -0.15) is 0 Å². The Kier molecular flexibility index (Phi) is 5.53. The molecule has 1 amide bonds. The van der Waals surface area contributed by atoms with Crippen molar-refractivity contribution in [3.05, 3.63) is 70.0 Å². The first-order valence-electron chi connectivity index (χ1n) is 7.34. The molecule has 0 bridgehead atoms. The fourth-order valence-electron chi connectivity index (χ4n) is 2.02. The maximum absolute atomic E-state index is 11.7. The number of alkyl carbamates (subject to hydrolysis) is 1. The Labute approximate surface area is 153 Å². The number of rotatable bonds is 5. The summed E-state index contributed by atoms with van der Waals surface area (Å²) in [4.78, 5) is 11.7. The molecule has 6 nitrogen and oxygen atoms in total. The van der Waals surface area contributed by atoms with E-state index in [0.29, 0.717) is 15.6 Å². The highest BCUT2D eigenvalue weighted by Gasteiger charge is 2.13. The molecule has 0 unspecified atom stereocenters. The first-order chi connectivity index (χ1) is 12.1. The topological polar surface area (TPSA) is 77.3 Å². The van der Waals surface area contributed by atoms with Crippen LogP contribution in [0.5, 0.6) is 0 Å². The molecule has 0 fully saturated rings. The molecule has 0 spiro atoms. The molecule has 8 heteroatoms. The van der Waals surface area contributed by atoms with Crippen LogP contribution in [-0.4, -0.2) is 16.3 Å². The van der Waals surface area contributed by atoms with Crippen molar-refractivity contribution in [2.45, 2.75) is 13.2 Å². The van der Waals surface area contributed by atoms with Crippen molar-refractivity contribution >= 4 is 29.3 Å². The minimum Gasteiger partial charge on any atom is -0.445 e. The number of ether oxygens (including phenoxy) is 1. The number of nitrogens with zero attached hydrogens (tertiary/aromatic N) is 2. The van der Waals surface area contributed by atoms with Gasteiger partial charge >= 0.3 is 6.09 Å². The largest absolute Gasteiger partial charge is 0.445 e. The summed E-state index contributed by atoms with van der Waals surface area (Å²) in [6, 6.07) is 14.3. The van der Waals surface area contributed by atoms with Crippen LogP contribution in [0.25, 0.3) is 11.5 Å². The number of amides is 1. The van der Waals surface area contributed by atoms with E-state index in [0.717, 1.165) is 5.56 Å². The van der Waals surface area contributed by atoms with Crippen molar-refractivity contribution in [1.82, 2.24) is 15.5 Å². The van der Waals surface area contributed by atoms with Gasteiger partial charge in [0.15, 0.2) is 0 Å². The minimum atomic E-state index is -0.579. The van der Waals surface area contributed by atoms with Crippen LogP contribution in [0.2, 0.25) is 10.0 Å². The second kappa shape index (κ2) is 8.00. The third kappa shape index (κ3) is 4.71. The van der Waals surface area contributed by atoms with Crippen LogP contribution >= 0.6 is 23.2 Å². The number of hydrogen-bond donors (Lipinski definition) is 1. The third-order valence-electron chi connectivity index (χ3n) is 3.22. The zero-order valence-electron chi connectivity index (χ0n) is 12.9. The van der Waals surface area contributed by atoms with Gasteiger partial charge in [-0.05, 0) is 23.8 Å². The van der Waals surface area contributed by atoms with Gasteiger partial charge in [0.05, 0.1) is 17.1 Å². The molecule has 2 aromatic carbocycles. The molecular weight excluding hydrogens is 365 g/mol. The molecule has 0 saturated heterocycles. The summed E-state index contributed by atoms with van der Waals surface area (Å²) in [6.07, 6.45) is -0.579. The van der Waals surface area contributed by atoms with Crippen molar-refractivity contribution in [1.29, 1.82) is 0 Å². The zero-order chi connectivity index (χ0) is 17.6. The van der Waals surface area contributed by atoms with Gasteiger partial charge in [0.1, 0.15) is 6.61 Å². The van der Waals surface area contributed by atoms with E-state index in [1.807, 2.05) is 30.3 Å². The van der Waals surface area contributed by atoms with Crippen molar-refractivity contribution in [3.63, 3.8) is 0 Å². The maximum Gasteiger partial charge on any atom is 0.407 e. The van der Waals surface area contributed by atoms with Crippen LogP contribution in [0.3, 0.4) is 0 Å². The molecule has 25 heavy (non-hydrogen) atoms. The van der Waals surface area contributed by atoms with E-state index >= 15 is 0 Å². The van der Waals surface area contributed by atoms with Gasteiger partial charge in [0.2, 0.25) is 11.8 Å². The molecule has 3 aromatic rings. The SMILES string of the molecule is O=C(NCc1nnc(-c2cc(Cl)ccc2Cl)o1)OCc1ccccc1. The Morgan fingerprint density at radius 2 is 1.92 bits per heavy atom. The number of nitrogens with one attached hydrogen (secondary N) is 1. The number of carbonyl (C=O) groups is 1. The van der Waals surface area contributed by atoms with E-state index in [9.17, 15) is 4.79 Å². The second-order valence-corrected chi connectivity index (χ2v) is 5.88. The van der Waals surface area contributed by atoms with E-state index in [1.54, 1.807) is 18.2 Å². The van der Waals surface area contributed by atoms with Gasteiger partial charge < -0.3 is 14.5 Å². The summed E-state index contributed by atoms with van der Waals surface area (Å²) in [6.45, 7) is 0.221. The Morgan fingerprint density at radius 1 is 1.12 bits per heavy atom. The van der Waals surface area contributed by atoms with Gasteiger partial charge in [-0.1, -0.05) is 53.5 Å². The van der Waals surface area contributed by atoms with Gasteiger partial charge in [-0.3, -0.25) is 0 Å². The first kappa shape index (κ1) is 17.3. The van der Waals surface area contributed by atoms with Crippen molar-refractivity contribution in [3.8, 4) is 11.5 Å². The lowest BCUT2D eigenvalue weighted by Crippen LogP contribution is -2.23. The highest BCUT2D eigenvalue weighted by atomic mass is 35.5. The summed E-state index contributed by atoms with van der Waals surface area (Å²) >= 11 is 12.0. The predicted molar refractivity (Wildman–Crippen MR) is 93.2 cm³/mol. The van der Waals surface area contributed by atoms with Crippen LogP contribution in [0.4, 0.5) is 4.79 Å². The monoisotopic (exact) mass is 377 g/mol. The van der Waals surface area contributed by atoms with Crippen LogP contribution in [0.1, 0.15) is 11.5 Å². The quantitative estimate of drug-likeness (QED) is 0.709.